The van der Waals surface area contributed by atoms with Gasteiger partial charge in [0.15, 0.2) is 0 Å². The summed E-state index contributed by atoms with van der Waals surface area (Å²) in [7, 11) is 1.80. The van der Waals surface area contributed by atoms with E-state index in [-0.39, 0.29) is 11.6 Å². The van der Waals surface area contributed by atoms with E-state index in [1.807, 2.05) is 36.7 Å². The number of carbonyl (C=O) groups is 1. The van der Waals surface area contributed by atoms with Gasteiger partial charge in [0.25, 0.3) is 5.56 Å². The fourth-order valence-corrected chi connectivity index (χ4v) is 4.15. The minimum atomic E-state index is -0.117. The Balaban J connectivity index is 1.19. The van der Waals surface area contributed by atoms with E-state index < -0.39 is 0 Å². The average molecular weight is 416 g/mol. The molecule has 2 N–H and O–H groups in total. The van der Waals surface area contributed by atoms with Crippen LogP contribution in [0.25, 0.3) is 11.0 Å². The first-order valence-electron chi connectivity index (χ1n) is 10.4. The molecule has 5 rings (SSSR count). The van der Waals surface area contributed by atoms with Crippen molar-refractivity contribution in [3.8, 4) is 0 Å². The molecule has 158 valence electrons. The fourth-order valence-electron chi connectivity index (χ4n) is 4.15. The molecule has 0 spiro atoms. The Morgan fingerprint density at radius 3 is 2.74 bits per heavy atom. The van der Waals surface area contributed by atoms with Gasteiger partial charge >= 0.3 is 6.03 Å². The third-order valence-electron chi connectivity index (χ3n) is 5.90. The van der Waals surface area contributed by atoms with Crippen molar-refractivity contribution < 1.29 is 4.79 Å². The maximum absolute atomic E-state index is 12.6. The van der Waals surface area contributed by atoms with Gasteiger partial charge in [-0.2, -0.15) is 0 Å². The van der Waals surface area contributed by atoms with Crippen LogP contribution in [0.1, 0.15) is 22.4 Å². The number of hydrogen-bond acceptors (Lipinski definition) is 3. The summed E-state index contributed by atoms with van der Waals surface area (Å²) in [4.78, 5) is 30.7. The summed E-state index contributed by atoms with van der Waals surface area (Å²) < 4.78 is 3.84. The Labute approximate surface area is 179 Å². The number of benzene rings is 2. The van der Waals surface area contributed by atoms with Crippen LogP contribution in [0.3, 0.4) is 0 Å². The van der Waals surface area contributed by atoms with Crippen LogP contribution in [0.15, 0.2) is 59.7 Å². The molecule has 1 aliphatic heterocycles. The molecule has 0 unspecified atom stereocenters. The maximum Gasteiger partial charge on any atom is 0.318 e. The summed E-state index contributed by atoms with van der Waals surface area (Å²) >= 11 is 0. The Bertz CT molecular complexity index is 1300. The van der Waals surface area contributed by atoms with Crippen LogP contribution in [0.5, 0.6) is 0 Å². The Morgan fingerprint density at radius 1 is 1.13 bits per heavy atom. The number of hydrogen-bond donors (Lipinski definition) is 2. The van der Waals surface area contributed by atoms with Crippen LogP contribution in [-0.4, -0.2) is 36.8 Å². The van der Waals surface area contributed by atoms with Crippen molar-refractivity contribution in [1.82, 2.24) is 29.5 Å². The van der Waals surface area contributed by atoms with Gasteiger partial charge in [0.05, 0.1) is 29.6 Å². The quantitative estimate of drug-likeness (QED) is 0.535. The number of urea groups is 1. The van der Waals surface area contributed by atoms with E-state index in [1.165, 1.54) is 5.56 Å². The van der Waals surface area contributed by atoms with Gasteiger partial charge in [0.1, 0.15) is 0 Å². The van der Waals surface area contributed by atoms with Crippen LogP contribution >= 0.6 is 0 Å². The van der Waals surface area contributed by atoms with Gasteiger partial charge < -0.3 is 14.8 Å². The molecule has 1 aliphatic rings. The number of aryl methyl sites for hydroxylation is 1. The predicted octanol–water partition coefficient (Wildman–Crippen LogP) is 2.38. The molecule has 0 bridgehead atoms. The van der Waals surface area contributed by atoms with Crippen LogP contribution in [0, 0.1) is 0 Å². The topological polar surface area (TPSA) is 88.0 Å². The van der Waals surface area contributed by atoms with E-state index in [0.717, 1.165) is 34.4 Å². The van der Waals surface area contributed by atoms with Gasteiger partial charge in [-0.1, -0.05) is 36.4 Å². The van der Waals surface area contributed by atoms with Crippen molar-refractivity contribution in [2.75, 3.05) is 6.54 Å². The summed E-state index contributed by atoms with van der Waals surface area (Å²) in [6.07, 6.45) is 2.44. The fraction of sp³-hybridized carbons (Fsp3) is 0.261. The van der Waals surface area contributed by atoms with E-state index in [9.17, 15) is 9.59 Å². The highest BCUT2D eigenvalue weighted by molar-refractivity contribution is 5.75. The molecule has 0 radical (unpaired) electrons. The van der Waals surface area contributed by atoms with E-state index in [0.29, 0.717) is 26.1 Å². The molecule has 3 heterocycles. The highest BCUT2D eigenvalue weighted by Gasteiger charge is 2.25. The first-order valence-corrected chi connectivity index (χ1v) is 10.4. The Hall–Kier alpha value is -3.81. The summed E-state index contributed by atoms with van der Waals surface area (Å²) in [6.45, 7) is 2.19. The number of nitrogens with zero attached hydrogens (tertiary/aromatic N) is 4. The summed E-state index contributed by atoms with van der Waals surface area (Å²) in [5, 5.41) is 5.75. The zero-order valence-corrected chi connectivity index (χ0v) is 17.3. The Morgan fingerprint density at radius 2 is 1.90 bits per heavy atom. The molecular weight excluding hydrogens is 392 g/mol. The van der Waals surface area contributed by atoms with Gasteiger partial charge in [0, 0.05) is 32.2 Å². The number of nitrogens with one attached hydrogen (secondary N) is 2. The minimum absolute atomic E-state index is 0.0543. The first-order chi connectivity index (χ1) is 15.1. The zero-order valence-electron chi connectivity index (χ0n) is 17.3. The normalized spacial score (nSPS) is 13.4. The van der Waals surface area contributed by atoms with Crippen LogP contribution in [0.4, 0.5) is 4.79 Å². The van der Waals surface area contributed by atoms with Gasteiger partial charge in [-0.15, -0.1) is 0 Å². The molecule has 0 saturated carbocycles. The summed E-state index contributed by atoms with van der Waals surface area (Å²) in [6, 6.07) is 16.2. The third kappa shape index (κ3) is 3.72. The highest BCUT2D eigenvalue weighted by atomic mass is 16.2. The van der Waals surface area contributed by atoms with Gasteiger partial charge in [-0.05, 0) is 29.7 Å². The molecular formula is C23H24N6O2. The van der Waals surface area contributed by atoms with Gasteiger partial charge in [0.2, 0.25) is 0 Å². The van der Waals surface area contributed by atoms with Crippen LogP contribution in [0.2, 0.25) is 0 Å². The molecule has 2 aromatic carbocycles. The molecule has 8 nitrogen and oxygen atoms in total. The largest absolute Gasteiger partial charge is 0.334 e. The standard InChI is InChI=1S/C23H24N6O2/c1-27-21-14-28(11-10-18(21)22(30)26-27)23(31)24-12-16-6-8-17(9-7-16)13-29-15-25-19-4-2-3-5-20(19)29/h2-9,15H,10-14H2,1H3,(H,24,31)(H,26,30). The number of aromatic nitrogens is 4. The second-order valence-electron chi connectivity index (χ2n) is 7.93. The Kier molecular flexibility index (Phi) is 4.82. The smallest absolute Gasteiger partial charge is 0.318 e. The van der Waals surface area contributed by atoms with Crippen molar-refractivity contribution in [2.45, 2.75) is 26.1 Å². The number of H-pyrrole nitrogens is 1. The van der Waals surface area contributed by atoms with Crippen molar-refractivity contribution in [3.63, 3.8) is 0 Å². The van der Waals surface area contributed by atoms with Crippen molar-refractivity contribution in [3.05, 3.63) is 87.6 Å². The monoisotopic (exact) mass is 416 g/mol. The van der Waals surface area contributed by atoms with Crippen molar-refractivity contribution in [2.24, 2.45) is 7.05 Å². The van der Waals surface area contributed by atoms with Gasteiger partial charge in [-0.25, -0.2) is 9.78 Å². The minimum Gasteiger partial charge on any atom is -0.334 e. The number of imidazole rings is 1. The second kappa shape index (κ2) is 7.79. The SMILES string of the molecule is Cn1[nH]c(=O)c2c1CN(C(=O)NCc1ccc(Cn3cnc4ccccc43)cc1)CC2. The number of carbonyl (C=O) groups excluding carboxylic acids is 1. The third-order valence-corrected chi connectivity index (χ3v) is 5.90. The van der Waals surface area contributed by atoms with E-state index in [4.69, 9.17) is 0 Å². The lowest BCUT2D eigenvalue weighted by Gasteiger charge is -2.27. The molecule has 0 fully saturated rings. The molecule has 2 aromatic heterocycles. The second-order valence-corrected chi connectivity index (χ2v) is 7.93. The lowest BCUT2D eigenvalue weighted by atomic mass is 10.1. The molecule has 0 saturated heterocycles. The molecule has 31 heavy (non-hydrogen) atoms. The number of para-hydroxylation sites is 2. The number of amides is 2. The molecule has 2 amide bonds. The lowest BCUT2D eigenvalue weighted by Crippen LogP contribution is -2.43. The van der Waals surface area contributed by atoms with Crippen LogP contribution < -0.4 is 10.9 Å². The highest BCUT2D eigenvalue weighted by Crippen LogP contribution is 2.16. The number of aromatic amines is 1. The van der Waals surface area contributed by atoms with E-state index in [1.54, 1.807) is 16.6 Å². The number of rotatable bonds is 4. The first kappa shape index (κ1) is 19.2. The molecule has 0 atom stereocenters. The molecule has 4 aromatic rings. The number of fused-ring (bicyclic) bond motifs is 2. The maximum atomic E-state index is 12.6. The van der Waals surface area contributed by atoms with Crippen LogP contribution in [-0.2, 0) is 33.1 Å². The zero-order chi connectivity index (χ0) is 21.4. The predicted molar refractivity (Wildman–Crippen MR) is 118 cm³/mol. The summed E-state index contributed by atoms with van der Waals surface area (Å²) in [5.41, 5.74) is 5.93. The lowest BCUT2D eigenvalue weighted by molar-refractivity contribution is 0.190. The van der Waals surface area contributed by atoms with E-state index >= 15 is 0 Å². The molecule has 8 heteroatoms. The molecule has 0 aliphatic carbocycles. The van der Waals surface area contributed by atoms with E-state index in [2.05, 4.69) is 38.2 Å². The summed E-state index contributed by atoms with van der Waals surface area (Å²) in [5.74, 6) is 0. The average Bonchev–Trinajstić information content (AvgIpc) is 3.33. The van der Waals surface area contributed by atoms with Crippen molar-refractivity contribution in [1.29, 1.82) is 0 Å². The van der Waals surface area contributed by atoms with Gasteiger partial charge in [-0.3, -0.25) is 14.6 Å². The van der Waals surface area contributed by atoms with Crippen molar-refractivity contribution >= 4 is 17.1 Å².